The monoisotopic (exact) mass is 272 g/mol. The van der Waals surface area contributed by atoms with Crippen molar-refractivity contribution < 1.29 is 0 Å². The smallest absolute Gasteiger partial charge is 0.0834 e. The fraction of sp³-hybridized carbons (Fsp3) is 0.500. The number of rotatable bonds is 6. The zero-order chi connectivity index (χ0) is 14.5. The molecule has 4 heteroatoms. The highest BCUT2D eigenvalue weighted by atomic mass is 15.3. The number of aryl methyl sites for hydroxylation is 2. The van der Waals surface area contributed by atoms with Crippen molar-refractivity contribution >= 4 is 0 Å². The van der Waals surface area contributed by atoms with Crippen molar-refractivity contribution in [3.63, 3.8) is 0 Å². The SMILES string of the molecule is CCCNCc1c(C)nn(Cc2cccc(C)n2)c1C. The highest BCUT2D eigenvalue weighted by Gasteiger charge is 2.11. The Kier molecular flexibility index (Phi) is 4.90. The lowest BCUT2D eigenvalue weighted by Crippen LogP contribution is -2.15. The van der Waals surface area contributed by atoms with Crippen molar-refractivity contribution in [3.8, 4) is 0 Å². The Hall–Kier alpha value is -1.68. The van der Waals surface area contributed by atoms with Gasteiger partial charge in [-0.3, -0.25) is 9.67 Å². The van der Waals surface area contributed by atoms with E-state index in [2.05, 4.69) is 46.9 Å². The predicted molar refractivity (Wildman–Crippen MR) is 81.8 cm³/mol. The maximum absolute atomic E-state index is 4.65. The summed E-state index contributed by atoms with van der Waals surface area (Å²) in [5.74, 6) is 0. The molecule has 4 nitrogen and oxygen atoms in total. The van der Waals surface area contributed by atoms with Crippen molar-refractivity contribution in [3.05, 3.63) is 46.5 Å². The van der Waals surface area contributed by atoms with Gasteiger partial charge in [-0.15, -0.1) is 0 Å². The van der Waals surface area contributed by atoms with Crippen LogP contribution in [0.15, 0.2) is 18.2 Å². The van der Waals surface area contributed by atoms with Gasteiger partial charge in [0.05, 0.1) is 17.9 Å². The molecule has 0 bridgehead atoms. The van der Waals surface area contributed by atoms with Crippen molar-refractivity contribution in [2.75, 3.05) is 6.54 Å². The first-order valence-electron chi connectivity index (χ1n) is 7.28. The van der Waals surface area contributed by atoms with Crippen molar-refractivity contribution in [2.24, 2.45) is 0 Å². The molecule has 1 N–H and O–H groups in total. The summed E-state index contributed by atoms with van der Waals surface area (Å²) in [7, 11) is 0. The molecule has 0 saturated heterocycles. The summed E-state index contributed by atoms with van der Waals surface area (Å²) in [4.78, 5) is 4.55. The van der Waals surface area contributed by atoms with Crippen LogP contribution >= 0.6 is 0 Å². The first kappa shape index (κ1) is 14.7. The van der Waals surface area contributed by atoms with Gasteiger partial charge in [0.15, 0.2) is 0 Å². The van der Waals surface area contributed by atoms with Crippen molar-refractivity contribution in [1.29, 1.82) is 0 Å². The van der Waals surface area contributed by atoms with Crippen LogP contribution in [0.5, 0.6) is 0 Å². The van der Waals surface area contributed by atoms with Crippen LogP contribution in [0.25, 0.3) is 0 Å². The Morgan fingerprint density at radius 2 is 2.00 bits per heavy atom. The molecule has 0 aliphatic heterocycles. The fourth-order valence-corrected chi connectivity index (χ4v) is 2.37. The number of hydrogen-bond donors (Lipinski definition) is 1. The van der Waals surface area contributed by atoms with Gasteiger partial charge < -0.3 is 5.32 Å². The van der Waals surface area contributed by atoms with Gasteiger partial charge in [0.2, 0.25) is 0 Å². The molecule has 2 rings (SSSR count). The Labute approximate surface area is 121 Å². The van der Waals surface area contributed by atoms with E-state index < -0.39 is 0 Å². The van der Waals surface area contributed by atoms with Crippen molar-refractivity contribution in [2.45, 2.75) is 47.2 Å². The average molecular weight is 272 g/mol. The van der Waals surface area contributed by atoms with E-state index in [0.29, 0.717) is 0 Å². The molecule has 0 radical (unpaired) electrons. The summed E-state index contributed by atoms with van der Waals surface area (Å²) in [6.07, 6.45) is 1.15. The van der Waals surface area contributed by atoms with Crippen LogP contribution < -0.4 is 5.32 Å². The average Bonchev–Trinajstić information content (AvgIpc) is 2.66. The molecule has 0 saturated carbocycles. The highest BCUT2D eigenvalue weighted by molar-refractivity contribution is 5.25. The maximum Gasteiger partial charge on any atom is 0.0834 e. The molecule has 0 fully saturated rings. The molecule has 0 amide bonds. The van der Waals surface area contributed by atoms with E-state index in [1.54, 1.807) is 0 Å². The lowest BCUT2D eigenvalue weighted by Gasteiger charge is -2.06. The maximum atomic E-state index is 4.65. The molecule has 2 aromatic heterocycles. The topological polar surface area (TPSA) is 42.7 Å². The van der Waals surface area contributed by atoms with Gasteiger partial charge in [-0.1, -0.05) is 13.0 Å². The summed E-state index contributed by atoms with van der Waals surface area (Å²) in [5.41, 5.74) is 5.76. The van der Waals surface area contributed by atoms with Crippen LogP contribution in [-0.2, 0) is 13.1 Å². The lowest BCUT2D eigenvalue weighted by molar-refractivity contribution is 0.640. The third-order valence-corrected chi connectivity index (χ3v) is 3.52. The normalized spacial score (nSPS) is 11.0. The quantitative estimate of drug-likeness (QED) is 0.822. The van der Waals surface area contributed by atoms with Gasteiger partial charge >= 0.3 is 0 Å². The Balaban J connectivity index is 2.15. The van der Waals surface area contributed by atoms with E-state index in [0.717, 1.165) is 43.1 Å². The Morgan fingerprint density at radius 3 is 2.70 bits per heavy atom. The third-order valence-electron chi connectivity index (χ3n) is 3.52. The molecule has 0 aliphatic rings. The minimum absolute atomic E-state index is 0.738. The lowest BCUT2D eigenvalue weighted by atomic mass is 10.2. The summed E-state index contributed by atoms with van der Waals surface area (Å²) < 4.78 is 2.06. The molecule has 20 heavy (non-hydrogen) atoms. The van der Waals surface area contributed by atoms with Crippen LogP contribution in [0.2, 0.25) is 0 Å². The molecule has 2 heterocycles. The Morgan fingerprint density at radius 1 is 1.20 bits per heavy atom. The molecular formula is C16H24N4. The minimum Gasteiger partial charge on any atom is -0.313 e. The second kappa shape index (κ2) is 6.66. The van der Waals surface area contributed by atoms with Gasteiger partial charge in [-0.2, -0.15) is 5.10 Å². The molecule has 0 aromatic carbocycles. The number of nitrogens with one attached hydrogen (secondary N) is 1. The summed E-state index contributed by atoms with van der Waals surface area (Å²) >= 11 is 0. The van der Waals surface area contributed by atoms with Gasteiger partial charge in [0, 0.05) is 23.5 Å². The molecular weight excluding hydrogens is 248 g/mol. The second-order valence-corrected chi connectivity index (χ2v) is 5.25. The van der Waals surface area contributed by atoms with Crippen LogP contribution in [0.3, 0.4) is 0 Å². The fourth-order valence-electron chi connectivity index (χ4n) is 2.37. The van der Waals surface area contributed by atoms with Gasteiger partial charge in [0.1, 0.15) is 0 Å². The Bertz CT molecular complexity index is 572. The molecule has 0 atom stereocenters. The van der Waals surface area contributed by atoms with E-state index >= 15 is 0 Å². The number of nitrogens with zero attached hydrogens (tertiary/aromatic N) is 3. The van der Waals surface area contributed by atoms with E-state index in [1.807, 2.05) is 19.1 Å². The first-order valence-corrected chi connectivity index (χ1v) is 7.28. The van der Waals surface area contributed by atoms with E-state index in [1.165, 1.54) is 11.3 Å². The molecule has 108 valence electrons. The van der Waals surface area contributed by atoms with Crippen LogP contribution in [0, 0.1) is 20.8 Å². The summed E-state index contributed by atoms with van der Waals surface area (Å²) in [6, 6.07) is 6.12. The van der Waals surface area contributed by atoms with Crippen molar-refractivity contribution in [1.82, 2.24) is 20.1 Å². The van der Waals surface area contributed by atoms with E-state index in [-0.39, 0.29) is 0 Å². The minimum atomic E-state index is 0.738. The van der Waals surface area contributed by atoms with Crippen LogP contribution in [0.4, 0.5) is 0 Å². The largest absolute Gasteiger partial charge is 0.313 e. The summed E-state index contributed by atoms with van der Waals surface area (Å²) in [5, 5.41) is 8.10. The van der Waals surface area contributed by atoms with Crippen LogP contribution in [-0.4, -0.2) is 21.3 Å². The molecule has 2 aromatic rings. The summed E-state index contributed by atoms with van der Waals surface area (Å²) in [6.45, 7) is 11.1. The van der Waals surface area contributed by atoms with Crippen LogP contribution in [0.1, 0.15) is 41.7 Å². The van der Waals surface area contributed by atoms with E-state index in [4.69, 9.17) is 0 Å². The molecule has 0 spiro atoms. The highest BCUT2D eigenvalue weighted by Crippen LogP contribution is 2.14. The zero-order valence-corrected chi connectivity index (χ0v) is 12.9. The van der Waals surface area contributed by atoms with E-state index in [9.17, 15) is 0 Å². The first-order chi connectivity index (χ1) is 9.61. The molecule has 0 aliphatic carbocycles. The number of aromatic nitrogens is 3. The molecule has 0 unspecified atom stereocenters. The van der Waals surface area contributed by atoms with Gasteiger partial charge in [-0.05, 0) is 45.9 Å². The number of hydrogen-bond acceptors (Lipinski definition) is 3. The second-order valence-electron chi connectivity index (χ2n) is 5.25. The van der Waals surface area contributed by atoms with Gasteiger partial charge in [0.25, 0.3) is 0 Å². The van der Waals surface area contributed by atoms with Gasteiger partial charge in [-0.25, -0.2) is 0 Å². The standard InChI is InChI=1S/C16H24N4/c1-5-9-17-10-16-13(3)19-20(14(16)4)11-15-8-6-7-12(2)18-15/h6-8,17H,5,9-11H2,1-4H3. The number of pyridine rings is 1. The third kappa shape index (κ3) is 3.45. The zero-order valence-electron chi connectivity index (χ0n) is 12.9. The predicted octanol–water partition coefficient (Wildman–Crippen LogP) is 2.75.